The largest absolute Gasteiger partial charge is 0.392 e. The van der Waals surface area contributed by atoms with Crippen molar-refractivity contribution in [1.29, 1.82) is 0 Å². The van der Waals surface area contributed by atoms with Crippen LogP contribution in [0.2, 0.25) is 0 Å². The Balaban J connectivity index is 2.10. The van der Waals surface area contributed by atoms with Crippen LogP contribution in [0.1, 0.15) is 66.7 Å². The average molecular weight is 312 g/mol. The molecule has 0 spiro atoms. The van der Waals surface area contributed by atoms with Gasteiger partial charge in [0.05, 0.1) is 12.2 Å². The molecule has 5 nitrogen and oxygen atoms in total. The third-order valence-electron chi connectivity index (χ3n) is 5.24. The fourth-order valence-corrected chi connectivity index (χ4v) is 4.29. The maximum Gasteiger partial charge on any atom is 0.209 e. The summed E-state index contributed by atoms with van der Waals surface area (Å²) < 4.78 is 6.35. The predicted octanol–water partition coefficient (Wildman–Crippen LogP) is 2.03. The first kappa shape index (κ1) is 17.7. The zero-order valence-corrected chi connectivity index (χ0v) is 14.7. The molecule has 0 aromatic heterocycles. The van der Waals surface area contributed by atoms with E-state index in [1.54, 1.807) is 0 Å². The number of rotatable bonds is 6. The van der Waals surface area contributed by atoms with Gasteiger partial charge in [0.2, 0.25) is 6.41 Å². The summed E-state index contributed by atoms with van der Waals surface area (Å²) in [6, 6.07) is 0. The number of hydrogen-bond acceptors (Lipinski definition) is 4. The van der Waals surface area contributed by atoms with E-state index in [1.165, 1.54) is 0 Å². The highest BCUT2D eigenvalue weighted by molar-refractivity contribution is 5.47. The van der Waals surface area contributed by atoms with Crippen molar-refractivity contribution in [2.45, 2.75) is 95.7 Å². The summed E-state index contributed by atoms with van der Waals surface area (Å²) in [4.78, 5) is 13.2. The SMILES string of the molecule is CC(O)CN1C(C)(C)CC(OC2(NC=O)CCC2)CC1(C)C. The molecule has 0 aromatic rings. The van der Waals surface area contributed by atoms with E-state index in [0.717, 1.165) is 38.5 Å². The Kier molecular flexibility index (Phi) is 4.91. The van der Waals surface area contributed by atoms with Crippen LogP contribution in [0.4, 0.5) is 0 Å². The van der Waals surface area contributed by atoms with E-state index >= 15 is 0 Å². The van der Waals surface area contributed by atoms with Crippen LogP contribution in [-0.2, 0) is 9.53 Å². The Morgan fingerprint density at radius 3 is 2.18 bits per heavy atom. The van der Waals surface area contributed by atoms with Crippen LogP contribution >= 0.6 is 0 Å². The number of aliphatic hydroxyl groups is 1. The normalized spacial score (nSPS) is 28.6. The quantitative estimate of drug-likeness (QED) is 0.582. The molecule has 0 bridgehead atoms. The lowest BCUT2D eigenvalue weighted by molar-refractivity contribution is -0.200. The van der Waals surface area contributed by atoms with Crippen molar-refractivity contribution >= 4 is 6.41 Å². The highest BCUT2D eigenvalue weighted by Crippen LogP contribution is 2.43. The number of carbonyl (C=O) groups is 1. The van der Waals surface area contributed by atoms with Crippen molar-refractivity contribution in [3.05, 3.63) is 0 Å². The summed E-state index contributed by atoms with van der Waals surface area (Å²) in [5.41, 5.74) is -0.532. The smallest absolute Gasteiger partial charge is 0.209 e. The molecule has 1 aliphatic carbocycles. The van der Waals surface area contributed by atoms with Gasteiger partial charge in [-0.05, 0) is 66.7 Å². The van der Waals surface area contributed by atoms with Crippen LogP contribution in [0.25, 0.3) is 0 Å². The van der Waals surface area contributed by atoms with E-state index in [0.29, 0.717) is 6.54 Å². The molecule has 0 radical (unpaired) electrons. The van der Waals surface area contributed by atoms with Crippen LogP contribution in [-0.4, -0.2) is 52.0 Å². The molecular formula is C17H32N2O3. The first-order chi connectivity index (χ1) is 10.1. The Morgan fingerprint density at radius 2 is 1.82 bits per heavy atom. The highest BCUT2D eigenvalue weighted by atomic mass is 16.5. The average Bonchev–Trinajstić information content (AvgIpc) is 2.30. The molecule has 2 aliphatic rings. The minimum Gasteiger partial charge on any atom is -0.392 e. The van der Waals surface area contributed by atoms with Gasteiger partial charge in [0, 0.05) is 17.6 Å². The van der Waals surface area contributed by atoms with Gasteiger partial charge in [-0.2, -0.15) is 0 Å². The predicted molar refractivity (Wildman–Crippen MR) is 86.4 cm³/mol. The van der Waals surface area contributed by atoms with Gasteiger partial charge < -0.3 is 15.2 Å². The molecule has 0 aromatic carbocycles. The van der Waals surface area contributed by atoms with E-state index in [2.05, 4.69) is 37.9 Å². The maximum absolute atomic E-state index is 10.9. The number of nitrogens with zero attached hydrogens (tertiary/aromatic N) is 1. The maximum atomic E-state index is 10.9. The third kappa shape index (κ3) is 3.63. The second kappa shape index (κ2) is 6.10. The summed E-state index contributed by atoms with van der Waals surface area (Å²) in [6.45, 7) is 11.4. The second-order valence-electron chi connectivity index (χ2n) is 8.34. The van der Waals surface area contributed by atoms with E-state index in [-0.39, 0.29) is 23.3 Å². The summed E-state index contributed by atoms with van der Waals surface area (Å²) in [5.74, 6) is 0. The number of β-amino-alcohol motifs (C(OH)–C–C–N with tert-alkyl or cyclic N) is 1. The minimum absolute atomic E-state index is 0.0461. The summed E-state index contributed by atoms with van der Waals surface area (Å²) >= 11 is 0. The number of amides is 1. The number of piperidine rings is 1. The van der Waals surface area contributed by atoms with Crippen LogP contribution < -0.4 is 5.32 Å². The Bertz CT molecular complexity index is 385. The van der Waals surface area contributed by atoms with Crippen molar-refractivity contribution in [2.24, 2.45) is 0 Å². The molecular weight excluding hydrogens is 280 g/mol. The van der Waals surface area contributed by atoms with Crippen LogP contribution in [0, 0.1) is 0 Å². The van der Waals surface area contributed by atoms with Gasteiger partial charge in [-0.25, -0.2) is 0 Å². The van der Waals surface area contributed by atoms with Gasteiger partial charge in [0.25, 0.3) is 0 Å². The fraction of sp³-hybridized carbons (Fsp3) is 0.941. The van der Waals surface area contributed by atoms with Crippen LogP contribution in [0.5, 0.6) is 0 Å². The van der Waals surface area contributed by atoms with Crippen molar-refractivity contribution in [3.8, 4) is 0 Å². The van der Waals surface area contributed by atoms with Gasteiger partial charge in [-0.15, -0.1) is 0 Å². The molecule has 2 rings (SSSR count). The summed E-state index contributed by atoms with van der Waals surface area (Å²) in [5, 5.41) is 12.7. The molecule has 1 saturated carbocycles. The van der Waals surface area contributed by atoms with Gasteiger partial charge >= 0.3 is 0 Å². The molecule has 128 valence electrons. The van der Waals surface area contributed by atoms with E-state index in [9.17, 15) is 9.90 Å². The second-order valence-corrected chi connectivity index (χ2v) is 8.34. The minimum atomic E-state index is -0.439. The number of aliphatic hydroxyl groups excluding tert-OH is 1. The first-order valence-corrected chi connectivity index (χ1v) is 8.45. The molecule has 1 heterocycles. The molecule has 5 heteroatoms. The number of nitrogens with one attached hydrogen (secondary N) is 1. The molecule has 1 atom stereocenters. The zero-order chi connectivity index (χ0) is 16.6. The molecule has 1 saturated heterocycles. The van der Waals surface area contributed by atoms with Gasteiger partial charge in [0.1, 0.15) is 5.72 Å². The molecule has 1 unspecified atom stereocenters. The van der Waals surface area contributed by atoms with Crippen LogP contribution in [0.3, 0.4) is 0 Å². The standard InChI is InChI=1S/C17H32N2O3/c1-13(21)11-19-15(2,3)9-14(10-16(19,4)5)22-17(18-12-20)7-6-8-17/h12-14,21H,6-11H2,1-5H3,(H,18,20). The Hall–Kier alpha value is -0.650. The molecule has 1 aliphatic heterocycles. The molecule has 22 heavy (non-hydrogen) atoms. The van der Waals surface area contributed by atoms with E-state index < -0.39 is 5.72 Å². The van der Waals surface area contributed by atoms with Gasteiger partial charge in [0.15, 0.2) is 0 Å². The van der Waals surface area contributed by atoms with Crippen LogP contribution in [0.15, 0.2) is 0 Å². The highest BCUT2D eigenvalue weighted by Gasteiger charge is 2.49. The van der Waals surface area contributed by atoms with Gasteiger partial charge in [-0.1, -0.05) is 0 Å². The Morgan fingerprint density at radius 1 is 1.27 bits per heavy atom. The third-order valence-corrected chi connectivity index (χ3v) is 5.24. The van der Waals surface area contributed by atoms with Crippen molar-refractivity contribution in [2.75, 3.05) is 6.54 Å². The Labute approximate surface area is 134 Å². The fourth-order valence-electron chi connectivity index (χ4n) is 4.29. The van der Waals surface area contributed by atoms with Crippen molar-refractivity contribution in [1.82, 2.24) is 10.2 Å². The number of ether oxygens (including phenoxy) is 1. The number of hydrogen-bond donors (Lipinski definition) is 2. The van der Waals surface area contributed by atoms with Gasteiger partial charge in [-0.3, -0.25) is 9.69 Å². The lowest BCUT2D eigenvalue weighted by atomic mass is 9.77. The first-order valence-electron chi connectivity index (χ1n) is 8.45. The lowest BCUT2D eigenvalue weighted by Crippen LogP contribution is -2.65. The summed E-state index contributed by atoms with van der Waals surface area (Å²) in [6.07, 6.45) is 5.28. The topological polar surface area (TPSA) is 61.8 Å². The summed E-state index contributed by atoms with van der Waals surface area (Å²) in [7, 11) is 0. The number of likely N-dealkylation sites (tertiary alicyclic amines) is 1. The van der Waals surface area contributed by atoms with E-state index in [1.807, 2.05) is 6.92 Å². The zero-order valence-electron chi connectivity index (χ0n) is 14.7. The molecule has 2 fully saturated rings. The monoisotopic (exact) mass is 312 g/mol. The molecule has 2 N–H and O–H groups in total. The number of carbonyl (C=O) groups excluding carboxylic acids is 1. The molecule has 1 amide bonds. The van der Waals surface area contributed by atoms with E-state index in [4.69, 9.17) is 4.74 Å². The van der Waals surface area contributed by atoms with Crippen molar-refractivity contribution < 1.29 is 14.6 Å². The van der Waals surface area contributed by atoms with Crippen molar-refractivity contribution in [3.63, 3.8) is 0 Å². The lowest BCUT2D eigenvalue weighted by Gasteiger charge is -2.57.